The molecule has 1 aliphatic heterocycles. The van der Waals surface area contributed by atoms with Gasteiger partial charge in [0.05, 0.1) is 22.0 Å². The number of carbonyl (C=O) groups excluding carboxylic acids is 1. The van der Waals surface area contributed by atoms with Crippen molar-refractivity contribution in [2.24, 2.45) is 5.92 Å². The highest BCUT2D eigenvalue weighted by Gasteiger charge is 2.30. The first-order chi connectivity index (χ1) is 18.7. The average Bonchev–Trinajstić information content (AvgIpc) is 3.58. The second-order valence-electron chi connectivity index (χ2n) is 10.5. The number of pyridine rings is 1. The predicted octanol–water partition coefficient (Wildman–Crippen LogP) is 5.54. The van der Waals surface area contributed by atoms with Gasteiger partial charge >= 0.3 is 0 Å². The number of anilines is 2. The topological polar surface area (TPSA) is 116 Å². The highest BCUT2D eigenvalue weighted by atomic mass is 32.2. The van der Waals surface area contributed by atoms with Gasteiger partial charge in [-0.25, -0.2) is 23.4 Å². The van der Waals surface area contributed by atoms with E-state index in [-0.39, 0.29) is 29.2 Å². The van der Waals surface area contributed by atoms with Gasteiger partial charge in [-0.2, -0.15) is 0 Å². The third-order valence-electron chi connectivity index (χ3n) is 7.23. The monoisotopic (exact) mass is 565 g/mol. The lowest BCUT2D eigenvalue weighted by atomic mass is 10.1. The van der Waals surface area contributed by atoms with Crippen molar-refractivity contribution in [3.8, 4) is 10.6 Å². The van der Waals surface area contributed by atoms with E-state index >= 15 is 0 Å². The summed E-state index contributed by atoms with van der Waals surface area (Å²) in [6.07, 6.45) is 6.05. The number of sulfone groups is 1. The lowest BCUT2D eigenvalue weighted by Crippen LogP contribution is -2.19. The van der Waals surface area contributed by atoms with E-state index in [4.69, 9.17) is 14.7 Å². The zero-order valence-corrected chi connectivity index (χ0v) is 23.9. The van der Waals surface area contributed by atoms with Crippen LogP contribution in [0, 0.1) is 19.8 Å². The summed E-state index contributed by atoms with van der Waals surface area (Å²) in [4.78, 5) is 27.1. The van der Waals surface area contributed by atoms with Crippen molar-refractivity contribution in [3.63, 3.8) is 0 Å². The number of benzene rings is 1. The molecule has 1 saturated carbocycles. The second kappa shape index (κ2) is 10.1. The predicted molar refractivity (Wildman–Crippen MR) is 151 cm³/mol. The Kier molecular flexibility index (Phi) is 6.76. The third kappa shape index (κ3) is 5.35. The number of hydrogen-bond donors (Lipinski definition) is 1. The Morgan fingerprint density at radius 1 is 1.10 bits per heavy atom. The summed E-state index contributed by atoms with van der Waals surface area (Å²) in [5, 5.41) is 6.04. The molecule has 0 amide bonds. The first-order valence-electron chi connectivity index (χ1n) is 13.2. The maximum atomic E-state index is 12.9. The fraction of sp³-hybridized carbons (Fsp3) is 0.429. The minimum atomic E-state index is -3.58. The van der Waals surface area contributed by atoms with Crippen LogP contribution in [0.5, 0.6) is 0 Å². The van der Waals surface area contributed by atoms with Crippen molar-refractivity contribution in [2.75, 3.05) is 18.2 Å². The van der Waals surface area contributed by atoms with Crippen molar-refractivity contribution in [3.05, 3.63) is 46.9 Å². The molecule has 2 aliphatic rings. The molecule has 1 aliphatic carbocycles. The largest absolute Gasteiger partial charge is 0.358 e. The van der Waals surface area contributed by atoms with Crippen LogP contribution in [0.3, 0.4) is 0 Å². The van der Waals surface area contributed by atoms with Gasteiger partial charge in [0.25, 0.3) is 0 Å². The number of rotatable bonds is 8. The van der Waals surface area contributed by atoms with Crippen LogP contribution in [0.1, 0.15) is 55.5 Å². The molecule has 0 radical (unpaired) electrons. The fourth-order valence-corrected chi connectivity index (χ4v) is 6.76. The van der Waals surface area contributed by atoms with Gasteiger partial charge < -0.3 is 10.1 Å². The molecule has 0 bridgehead atoms. The van der Waals surface area contributed by atoms with Gasteiger partial charge in [0.15, 0.2) is 15.5 Å². The highest BCUT2D eigenvalue weighted by Crippen LogP contribution is 2.37. The number of hydrogen-bond acceptors (Lipinski definition) is 9. The molecular formula is C28H31N5O4S2. The number of thiazole rings is 1. The molecule has 1 aromatic carbocycles. The molecule has 1 saturated heterocycles. The summed E-state index contributed by atoms with van der Waals surface area (Å²) in [7, 11) is -3.58. The molecule has 1 atom stereocenters. The van der Waals surface area contributed by atoms with Gasteiger partial charge in [-0.1, -0.05) is 0 Å². The molecule has 0 spiro atoms. The van der Waals surface area contributed by atoms with Crippen LogP contribution in [0.25, 0.3) is 21.7 Å². The summed E-state index contributed by atoms with van der Waals surface area (Å²) in [6, 6.07) is 7.11. The number of carbonyl (C=O) groups is 1. The van der Waals surface area contributed by atoms with Crippen molar-refractivity contribution >= 4 is 49.5 Å². The number of imidazole rings is 1. The van der Waals surface area contributed by atoms with E-state index in [1.165, 1.54) is 17.6 Å². The van der Waals surface area contributed by atoms with Gasteiger partial charge in [-0.15, -0.1) is 11.3 Å². The van der Waals surface area contributed by atoms with Crippen LogP contribution in [-0.4, -0.2) is 46.6 Å². The zero-order valence-electron chi connectivity index (χ0n) is 22.2. The Hall–Kier alpha value is -3.15. The second-order valence-corrected chi connectivity index (χ2v) is 13.3. The third-order valence-corrected chi connectivity index (χ3v) is 9.37. The number of aryl methyl sites for hydroxylation is 2. The highest BCUT2D eigenvalue weighted by molar-refractivity contribution is 7.90. The zero-order chi connectivity index (χ0) is 27.3. The minimum absolute atomic E-state index is 0.117. The summed E-state index contributed by atoms with van der Waals surface area (Å²) in [5.41, 5.74) is 4.56. The van der Waals surface area contributed by atoms with Gasteiger partial charge in [-0.05, 0) is 70.2 Å². The summed E-state index contributed by atoms with van der Waals surface area (Å²) in [5.74, 6) is 1.06. The number of ketones is 1. The molecule has 204 valence electrons. The molecular weight excluding hydrogens is 534 g/mol. The summed E-state index contributed by atoms with van der Waals surface area (Å²) < 4.78 is 33.9. The SMILES string of the molecule is Cc1csc(-c2ccc(Nc3cc(CC(=O)C4CC4)nc4c3nc(C)n4C3CCCCO3)c(S(C)(=O)=O)c2)n1. The van der Waals surface area contributed by atoms with E-state index in [1.807, 2.05) is 35.9 Å². The quantitative estimate of drug-likeness (QED) is 0.296. The van der Waals surface area contributed by atoms with Crippen LogP contribution in [0.2, 0.25) is 0 Å². The molecule has 11 heteroatoms. The van der Waals surface area contributed by atoms with E-state index in [1.54, 1.807) is 12.1 Å². The molecule has 3 aromatic heterocycles. The lowest BCUT2D eigenvalue weighted by Gasteiger charge is -2.25. The first kappa shape index (κ1) is 26.1. The Morgan fingerprint density at radius 3 is 2.59 bits per heavy atom. The van der Waals surface area contributed by atoms with E-state index in [2.05, 4.69) is 10.3 Å². The number of fused-ring (bicyclic) bond motifs is 1. The van der Waals surface area contributed by atoms with Crippen LogP contribution in [0.15, 0.2) is 34.5 Å². The van der Waals surface area contributed by atoms with Crippen LogP contribution in [0.4, 0.5) is 11.4 Å². The molecule has 6 rings (SSSR count). The normalized spacial score (nSPS) is 18.0. The Bertz CT molecular complexity index is 1680. The number of aromatic nitrogens is 4. The molecule has 1 unspecified atom stereocenters. The van der Waals surface area contributed by atoms with Crippen molar-refractivity contribution < 1.29 is 17.9 Å². The number of ether oxygens (including phenoxy) is 1. The van der Waals surface area contributed by atoms with E-state index in [0.29, 0.717) is 34.8 Å². The maximum Gasteiger partial charge on any atom is 0.177 e. The van der Waals surface area contributed by atoms with Crippen LogP contribution < -0.4 is 5.32 Å². The van der Waals surface area contributed by atoms with Gasteiger partial charge in [0.2, 0.25) is 0 Å². The smallest absolute Gasteiger partial charge is 0.177 e. The van der Waals surface area contributed by atoms with Gasteiger partial charge in [0, 0.05) is 41.8 Å². The fourth-order valence-electron chi connectivity index (χ4n) is 5.11. The van der Waals surface area contributed by atoms with E-state index in [0.717, 1.165) is 54.2 Å². The Labute approximate surface area is 231 Å². The van der Waals surface area contributed by atoms with Crippen molar-refractivity contribution in [1.82, 2.24) is 19.5 Å². The number of Topliss-reactive ketones (excluding diaryl/α,β-unsaturated/α-hetero) is 1. The maximum absolute atomic E-state index is 12.9. The molecule has 9 nitrogen and oxygen atoms in total. The standard InChI is InChI=1S/C28H31N5O4S2/c1-16-15-38-28(29-16)19-9-10-21(24(12-19)39(3,35)36)32-22-13-20(14-23(34)18-7-8-18)31-27-26(22)30-17(2)33(27)25-6-4-5-11-37-25/h9-10,12-13,15,18,25H,4-8,11,14H2,1-3H3,(H,31,32). The molecule has 2 fully saturated rings. The minimum Gasteiger partial charge on any atom is -0.358 e. The average molecular weight is 566 g/mol. The van der Waals surface area contributed by atoms with E-state index in [9.17, 15) is 13.2 Å². The van der Waals surface area contributed by atoms with Crippen molar-refractivity contribution in [1.29, 1.82) is 0 Å². The number of nitrogens with one attached hydrogen (secondary N) is 1. The van der Waals surface area contributed by atoms with Gasteiger partial charge in [0.1, 0.15) is 28.4 Å². The lowest BCUT2D eigenvalue weighted by molar-refractivity contribution is -0.119. The Morgan fingerprint density at radius 2 is 1.92 bits per heavy atom. The molecule has 39 heavy (non-hydrogen) atoms. The molecule has 1 N–H and O–H groups in total. The van der Waals surface area contributed by atoms with Crippen molar-refractivity contribution in [2.45, 2.75) is 63.5 Å². The van der Waals surface area contributed by atoms with Crippen LogP contribution in [-0.2, 0) is 25.8 Å². The van der Waals surface area contributed by atoms with Crippen LogP contribution >= 0.6 is 11.3 Å². The summed E-state index contributed by atoms with van der Waals surface area (Å²) in [6.45, 7) is 4.51. The Balaban J connectivity index is 1.46. The number of nitrogens with zero attached hydrogens (tertiary/aromatic N) is 4. The molecule has 4 heterocycles. The molecule has 4 aromatic rings. The first-order valence-corrected chi connectivity index (χ1v) is 16.0. The van der Waals surface area contributed by atoms with Gasteiger partial charge in [-0.3, -0.25) is 9.36 Å². The van der Waals surface area contributed by atoms with E-state index < -0.39 is 9.84 Å². The summed E-state index contributed by atoms with van der Waals surface area (Å²) >= 11 is 1.48.